The van der Waals surface area contributed by atoms with Crippen LogP contribution in [-0.2, 0) is 84.6 Å². The van der Waals surface area contributed by atoms with Crippen LogP contribution in [-0.4, -0.2) is 183 Å². The van der Waals surface area contributed by atoms with Crippen molar-refractivity contribution in [2.75, 3.05) is 57.8 Å². The van der Waals surface area contributed by atoms with E-state index in [9.17, 15) is 72.2 Å². The number of phosphoric acid groups is 5. The molecule has 6 aromatic heterocycles. The van der Waals surface area contributed by atoms with E-state index in [-0.39, 0.29) is 64.2 Å². The predicted octanol–water partition coefficient (Wildman–Crippen LogP) is -3.30. The van der Waals surface area contributed by atoms with Gasteiger partial charge < -0.3 is 80.7 Å². The van der Waals surface area contributed by atoms with Gasteiger partial charge in [0.25, 0.3) is 17.1 Å². The maximum absolute atomic E-state index is 13.7. The summed E-state index contributed by atoms with van der Waals surface area (Å²) in [6.07, 6.45) is -13.3. The van der Waals surface area contributed by atoms with E-state index < -0.39 is 143 Å². The molecule has 0 aromatic carbocycles. The number of aliphatic hydroxyl groups excluding tert-OH is 3. The second kappa shape index (κ2) is 23.5. The molecule has 3 saturated heterocycles. The van der Waals surface area contributed by atoms with Crippen LogP contribution in [0.2, 0.25) is 0 Å². The Bertz CT molecular complexity index is 3730. The number of ether oxygens (including phenoxy) is 5. The standard InChI is InChI=1S/C35H50N15O27P5/c1-47-12-50(28-19(47)30(55)46-35(38)44-28)31-20(51)13(4-5-66-2)14(71-31)6-69-79(58,59)75-81(62,63)77-82(64,65)76-80(60,61)70-8-16-23(24(67-3)33(73-16)48-10-41-17-25(36)39-9-40-26(17)48)74-78(56,57)68-7-15-21(52)22(53)32(72-15)49-11-42-18-27(49)43-34(37)45-29(18)54/h9-16,20-24,31-33,51-53H,4-8H2,1-3H3,(H12-,36,37,38,39,40,43,44,45,46,54,55,56,57,58,59,60,61,62,63,64,65)/p+1/t13-,14-,15-,16-,20-,21-,22-,23-,24-,31-,32-,33-/m1/s1. The number of rotatable bonds is 24. The first-order valence-electron chi connectivity index (χ1n) is 23.2. The van der Waals surface area contributed by atoms with Crippen molar-refractivity contribution in [3.8, 4) is 0 Å². The van der Waals surface area contributed by atoms with Crippen LogP contribution in [0, 0.1) is 5.92 Å². The van der Waals surface area contributed by atoms with Gasteiger partial charge in [-0.3, -0.25) is 51.4 Å². The number of aromatic amines is 2. The van der Waals surface area contributed by atoms with Crippen molar-refractivity contribution >= 4 is 90.3 Å². The number of anilines is 3. The highest BCUT2D eigenvalue weighted by atomic mass is 31.3. The van der Waals surface area contributed by atoms with Crippen LogP contribution < -0.4 is 32.9 Å². The molecule has 0 spiro atoms. The Balaban J connectivity index is 0.854. The van der Waals surface area contributed by atoms with Gasteiger partial charge in [-0.2, -0.15) is 17.9 Å². The molecule has 6 aromatic rings. The second-order valence-corrected chi connectivity index (χ2v) is 25.6. The van der Waals surface area contributed by atoms with Crippen LogP contribution >= 0.6 is 39.1 Å². The monoisotopic (exact) mass is 1270 g/mol. The Labute approximate surface area is 455 Å². The lowest BCUT2D eigenvalue weighted by Gasteiger charge is -2.26. The molecule has 0 amide bonds. The van der Waals surface area contributed by atoms with Gasteiger partial charge in [0.2, 0.25) is 17.7 Å². The molecular formula is C35H51N15O27P5+. The van der Waals surface area contributed by atoms with Gasteiger partial charge in [-0.15, -0.1) is 0 Å². The quantitative estimate of drug-likeness (QED) is 0.0208. The first kappa shape index (κ1) is 61.6. The minimum Gasteiger partial charge on any atom is -0.387 e. The summed E-state index contributed by atoms with van der Waals surface area (Å²) in [4.78, 5) is 106. The predicted molar refractivity (Wildman–Crippen MR) is 264 cm³/mol. The summed E-state index contributed by atoms with van der Waals surface area (Å²) in [5.41, 5.74) is 15.5. The molecule has 3 aliphatic heterocycles. The first-order valence-corrected chi connectivity index (χ1v) is 30.7. The summed E-state index contributed by atoms with van der Waals surface area (Å²) >= 11 is 0. The van der Waals surface area contributed by atoms with Crippen LogP contribution in [0.3, 0.4) is 0 Å². The van der Waals surface area contributed by atoms with Gasteiger partial charge in [0.15, 0.2) is 41.4 Å². The van der Waals surface area contributed by atoms with E-state index in [0.29, 0.717) is 0 Å². The minimum atomic E-state index is -6.44. The fourth-order valence-corrected chi connectivity index (χ4v) is 15.0. The number of methoxy groups -OCH3 is 2. The highest BCUT2D eigenvalue weighted by Crippen LogP contribution is 2.71. The average Bonchev–Trinajstić information content (AvgIpc) is 4.44. The molecule has 47 heteroatoms. The van der Waals surface area contributed by atoms with Crippen LogP contribution in [0.25, 0.3) is 33.5 Å². The number of phosphoric ester groups is 3. The molecule has 16 N–H and O–H groups in total. The molecule has 42 nitrogen and oxygen atoms in total. The van der Waals surface area contributed by atoms with Gasteiger partial charge >= 0.3 is 44.8 Å². The molecule has 3 fully saturated rings. The number of aryl methyl sites for hydroxylation is 1. The van der Waals surface area contributed by atoms with Crippen molar-refractivity contribution in [2.24, 2.45) is 13.0 Å². The van der Waals surface area contributed by atoms with E-state index in [1.54, 1.807) is 0 Å². The molecule has 82 heavy (non-hydrogen) atoms. The van der Waals surface area contributed by atoms with Gasteiger partial charge in [0.05, 0.1) is 45.6 Å². The Morgan fingerprint density at radius 1 is 0.659 bits per heavy atom. The third kappa shape index (κ3) is 13.0. The Morgan fingerprint density at radius 2 is 1.23 bits per heavy atom. The Morgan fingerprint density at radius 3 is 1.89 bits per heavy atom. The van der Waals surface area contributed by atoms with Crippen molar-refractivity contribution < 1.29 is 122 Å². The fourth-order valence-electron chi connectivity index (χ4n) is 9.13. The second-order valence-electron chi connectivity index (χ2n) is 18.0. The summed E-state index contributed by atoms with van der Waals surface area (Å²) in [5, 5.41) is 33.1. The zero-order chi connectivity index (χ0) is 59.6. The summed E-state index contributed by atoms with van der Waals surface area (Å²) in [5.74, 6) is -1.71. The average molecular weight is 1270 g/mol. The molecule has 17 atom stereocenters. The number of imidazole rings is 3. The number of nitrogens with two attached hydrogens (primary N) is 3. The minimum absolute atomic E-state index is 0.00588. The number of aromatic nitrogens is 12. The molecular weight excluding hydrogens is 1220 g/mol. The van der Waals surface area contributed by atoms with Gasteiger partial charge in [0, 0.05) is 26.7 Å². The molecule has 0 aliphatic carbocycles. The lowest BCUT2D eigenvalue weighted by molar-refractivity contribution is -0.745. The molecule has 0 saturated carbocycles. The molecule has 0 bridgehead atoms. The maximum atomic E-state index is 13.7. The van der Waals surface area contributed by atoms with Gasteiger partial charge in [0.1, 0.15) is 54.6 Å². The van der Waals surface area contributed by atoms with Crippen molar-refractivity contribution in [1.29, 1.82) is 0 Å². The van der Waals surface area contributed by atoms with E-state index in [4.69, 9.17) is 59.0 Å². The molecule has 452 valence electrons. The maximum Gasteiger partial charge on any atom is 0.490 e. The SMILES string of the molecule is COCC[C@H]1[C@@H](O)[C@H]([n+]2cn(C)c3c(=O)[nH]c(N)nc32)O[C@@H]1COP(=O)(O)OP(=O)(O)OP(=O)(O)OP(=O)(O)OC[C@H]1O[C@@H](n2cnc3c(N)ncnc32)[C@H](OC)[C@@H]1OP(=O)(O)OC[C@H]1O[C@@H](n2cnc3c(=O)[nH]c(N)nc32)[C@H](O)[C@@H]1O. The van der Waals surface area contributed by atoms with E-state index in [2.05, 4.69) is 52.8 Å². The summed E-state index contributed by atoms with van der Waals surface area (Å²) in [6, 6.07) is 0. The summed E-state index contributed by atoms with van der Waals surface area (Å²) < 4.78 is 132. The lowest BCUT2D eigenvalue weighted by Crippen LogP contribution is -2.45. The number of hydrogen-bond acceptors (Lipinski definition) is 31. The van der Waals surface area contributed by atoms with Crippen molar-refractivity contribution in [1.82, 2.24) is 53.6 Å². The Hall–Kier alpha value is -5.00. The van der Waals surface area contributed by atoms with Gasteiger partial charge in [-0.05, 0) is 6.42 Å². The van der Waals surface area contributed by atoms with E-state index >= 15 is 0 Å². The van der Waals surface area contributed by atoms with Crippen LogP contribution in [0.4, 0.5) is 17.7 Å². The topological polar surface area (TPSA) is 598 Å². The molecule has 0 radical (unpaired) electrons. The number of nitrogen functional groups attached to an aromatic ring is 3. The van der Waals surface area contributed by atoms with E-state index in [1.807, 2.05) is 0 Å². The molecule has 9 heterocycles. The molecule has 3 aliphatic rings. The normalized spacial score (nSPS) is 29.7. The van der Waals surface area contributed by atoms with Crippen molar-refractivity contribution in [2.45, 2.75) is 73.9 Å². The summed E-state index contributed by atoms with van der Waals surface area (Å²) in [7, 11) is -26.4. The molecule has 5 unspecified atom stereocenters. The van der Waals surface area contributed by atoms with Crippen LogP contribution in [0.15, 0.2) is 34.9 Å². The fraction of sp³-hybridized carbons (Fsp3) is 0.571. The third-order valence-electron chi connectivity index (χ3n) is 12.6. The van der Waals surface area contributed by atoms with Crippen LogP contribution in [0.1, 0.15) is 25.1 Å². The smallest absolute Gasteiger partial charge is 0.387 e. The number of nitrogens with zero attached hydrogens (tertiary/aromatic N) is 10. The van der Waals surface area contributed by atoms with Gasteiger partial charge in [-0.1, -0.05) is 4.98 Å². The zero-order valence-corrected chi connectivity index (χ0v) is 46.5. The summed E-state index contributed by atoms with van der Waals surface area (Å²) in [6.45, 7) is -3.36. The highest BCUT2D eigenvalue weighted by Gasteiger charge is 2.54. The number of fused-ring (bicyclic) bond motifs is 3. The van der Waals surface area contributed by atoms with E-state index in [0.717, 1.165) is 30.7 Å². The molecule has 9 rings (SSSR count). The van der Waals surface area contributed by atoms with Crippen LogP contribution in [0.5, 0.6) is 0 Å². The number of hydrogen-bond donors (Lipinski definition) is 13. The van der Waals surface area contributed by atoms with Crippen molar-refractivity contribution in [3.05, 3.63) is 46.0 Å². The third-order valence-corrected chi connectivity index (χ3v) is 19.5. The highest BCUT2D eigenvalue weighted by molar-refractivity contribution is 7.69. The zero-order valence-electron chi connectivity index (χ0n) is 42.0. The largest absolute Gasteiger partial charge is 0.490 e. The number of aliphatic hydroxyl groups is 3. The van der Waals surface area contributed by atoms with E-state index in [1.165, 1.54) is 34.2 Å². The van der Waals surface area contributed by atoms with Crippen molar-refractivity contribution in [3.63, 3.8) is 0 Å². The Kier molecular flexibility index (Phi) is 17.6. The number of nitrogens with one attached hydrogen (secondary N) is 2. The number of H-pyrrole nitrogens is 2. The van der Waals surface area contributed by atoms with Gasteiger partial charge in [-0.25, -0.2) is 47.3 Å². The first-order chi connectivity index (χ1) is 38.4. The lowest BCUT2D eigenvalue weighted by atomic mass is 9.95.